The number of nitrogen functional groups attached to an aromatic ring is 1. The second kappa shape index (κ2) is 5.21. The second-order valence-electron chi connectivity index (χ2n) is 4.15. The lowest BCUT2D eigenvalue weighted by molar-refractivity contribution is -0.117. The number of carbonyl (C=O) groups is 2. The molecule has 1 aliphatic carbocycles. The first kappa shape index (κ1) is 12.6. The van der Waals surface area contributed by atoms with Gasteiger partial charge in [-0.25, -0.2) is 4.98 Å². The monoisotopic (exact) mass is 269 g/mol. The van der Waals surface area contributed by atoms with Crippen LogP contribution in [0.2, 0.25) is 0 Å². The third-order valence-corrected chi connectivity index (χ3v) is 3.72. The number of primary amides is 1. The molecule has 0 unspecified atom stereocenters. The number of carbonyl (C=O) groups excluding carboxylic acids is 2. The van der Waals surface area contributed by atoms with Gasteiger partial charge in [-0.1, -0.05) is 11.3 Å². The van der Waals surface area contributed by atoms with Crippen molar-refractivity contribution in [1.29, 1.82) is 0 Å². The lowest BCUT2D eigenvalue weighted by atomic mass is 9.93. The summed E-state index contributed by atoms with van der Waals surface area (Å²) in [6, 6.07) is 0.428. The second-order valence-corrected chi connectivity index (χ2v) is 5.15. The standard InChI is InChI=1S/C10H15N5O2S/c11-6(16)4-13-9(17)7-8(12)15-10(18-7)14-5-2-1-3-5/h5H,1-4,12H2,(H2,11,16)(H,13,17)(H,14,15). The molecule has 0 radical (unpaired) electrons. The first-order valence-corrected chi connectivity index (χ1v) is 6.47. The number of amides is 2. The first-order valence-electron chi connectivity index (χ1n) is 5.65. The highest BCUT2D eigenvalue weighted by atomic mass is 32.1. The number of anilines is 2. The minimum absolute atomic E-state index is 0.170. The van der Waals surface area contributed by atoms with Crippen molar-refractivity contribution in [2.24, 2.45) is 5.73 Å². The van der Waals surface area contributed by atoms with Crippen LogP contribution in [0.25, 0.3) is 0 Å². The van der Waals surface area contributed by atoms with E-state index in [-0.39, 0.29) is 12.4 Å². The van der Waals surface area contributed by atoms with Gasteiger partial charge in [0.25, 0.3) is 5.91 Å². The molecule has 1 saturated carbocycles. The van der Waals surface area contributed by atoms with Crippen LogP contribution in [-0.4, -0.2) is 29.4 Å². The number of hydrogen-bond donors (Lipinski definition) is 4. The number of thiazole rings is 1. The number of nitrogens with one attached hydrogen (secondary N) is 2. The van der Waals surface area contributed by atoms with Gasteiger partial charge in [0.15, 0.2) is 5.13 Å². The minimum atomic E-state index is -0.598. The molecule has 0 aromatic carbocycles. The Morgan fingerprint density at radius 3 is 2.72 bits per heavy atom. The largest absolute Gasteiger partial charge is 0.382 e. The number of hydrogen-bond acceptors (Lipinski definition) is 6. The molecule has 8 heteroatoms. The van der Waals surface area contributed by atoms with Gasteiger partial charge in [-0.2, -0.15) is 0 Å². The van der Waals surface area contributed by atoms with Gasteiger partial charge in [-0.05, 0) is 19.3 Å². The molecule has 0 saturated heterocycles. The van der Waals surface area contributed by atoms with Crippen LogP contribution in [-0.2, 0) is 4.79 Å². The maximum absolute atomic E-state index is 11.7. The molecular formula is C10H15N5O2S. The van der Waals surface area contributed by atoms with Crippen molar-refractivity contribution >= 4 is 34.1 Å². The summed E-state index contributed by atoms with van der Waals surface area (Å²) in [7, 11) is 0. The summed E-state index contributed by atoms with van der Waals surface area (Å²) < 4.78 is 0. The zero-order valence-corrected chi connectivity index (χ0v) is 10.5. The normalized spacial score (nSPS) is 14.9. The van der Waals surface area contributed by atoms with Crippen molar-refractivity contribution in [3.05, 3.63) is 4.88 Å². The van der Waals surface area contributed by atoms with Crippen LogP contribution in [0.15, 0.2) is 0 Å². The topological polar surface area (TPSA) is 123 Å². The molecule has 0 spiro atoms. The number of rotatable bonds is 5. The van der Waals surface area contributed by atoms with Crippen LogP contribution in [0.1, 0.15) is 28.9 Å². The van der Waals surface area contributed by atoms with Crippen LogP contribution in [0.5, 0.6) is 0 Å². The van der Waals surface area contributed by atoms with E-state index in [9.17, 15) is 9.59 Å². The first-order chi connectivity index (χ1) is 8.56. The molecule has 2 amide bonds. The fourth-order valence-electron chi connectivity index (χ4n) is 1.53. The highest BCUT2D eigenvalue weighted by Gasteiger charge is 2.21. The van der Waals surface area contributed by atoms with Crippen molar-refractivity contribution in [3.8, 4) is 0 Å². The van der Waals surface area contributed by atoms with Gasteiger partial charge in [-0.15, -0.1) is 0 Å². The molecule has 18 heavy (non-hydrogen) atoms. The SMILES string of the molecule is NC(=O)CNC(=O)c1sc(NC2CCC2)nc1N. The van der Waals surface area contributed by atoms with E-state index in [0.717, 1.165) is 12.8 Å². The highest BCUT2D eigenvalue weighted by molar-refractivity contribution is 7.18. The molecule has 7 nitrogen and oxygen atoms in total. The molecule has 98 valence electrons. The van der Waals surface area contributed by atoms with E-state index in [1.165, 1.54) is 17.8 Å². The molecule has 1 aliphatic rings. The molecule has 0 atom stereocenters. The van der Waals surface area contributed by atoms with E-state index in [1.54, 1.807) is 0 Å². The molecule has 1 aromatic rings. The number of nitrogens with two attached hydrogens (primary N) is 2. The average Bonchev–Trinajstić information content (AvgIpc) is 2.62. The van der Waals surface area contributed by atoms with E-state index in [2.05, 4.69) is 15.6 Å². The van der Waals surface area contributed by atoms with Crippen LogP contribution in [0, 0.1) is 0 Å². The maximum Gasteiger partial charge on any atom is 0.265 e. The van der Waals surface area contributed by atoms with Crippen molar-refractivity contribution in [2.45, 2.75) is 25.3 Å². The van der Waals surface area contributed by atoms with Crippen LogP contribution in [0.3, 0.4) is 0 Å². The van der Waals surface area contributed by atoms with Gasteiger partial charge in [-0.3, -0.25) is 9.59 Å². The Balaban J connectivity index is 1.98. The van der Waals surface area contributed by atoms with Crippen LogP contribution >= 0.6 is 11.3 Å². The van der Waals surface area contributed by atoms with Crippen molar-refractivity contribution in [2.75, 3.05) is 17.6 Å². The average molecular weight is 269 g/mol. The summed E-state index contributed by atoms with van der Waals surface area (Å²) in [6.07, 6.45) is 3.44. The van der Waals surface area contributed by atoms with E-state index < -0.39 is 11.8 Å². The summed E-state index contributed by atoms with van der Waals surface area (Å²) in [5.41, 5.74) is 10.6. The Hall–Kier alpha value is -1.83. The third kappa shape index (κ3) is 2.89. The van der Waals surface area contributed by atoms with E-state index in [1.807, 2.05) is 0 Å². The Bertz CT molecular complexity index is 469. The Morgan fingerprint density at radius 1 is 1.44 bits per heavy atom. The van der Waals surface area contributed by atoms with E-state index in [4.69, 9.17) is 11.5 Å². The van der Waals surface area contributed by atoms with Crippen LogP contribution < -0.4 is 22.1 Å². The molecule has 1 heterocycles. The van der Waals surface area contributed by atoms with Gasteiger partial charge in [0.05, 0.1) is 6.54 Å². The van der Waals surface area contributed by atoms with E-state index in [0.29, 0.717) is 16.1 Å². The van der Waals surface area contributed by atoms with E-state index >= 15 is 0 Å². The molecule has 0 aliphatic heterocycles. The number of nitrogens with zero attached hydrogens (tertiary/aromatic N) is 1. The lowest BCUT2D eigenvalue weighted by Crippen LogP contribution is -2.33. The maximum atomic E-state index is 11.7. The minimum Gasteiger partial charge on any atom is -0.382 e. The van der Waals surface area contributed by atoms with Crippen LogP contribution in [0.4, 0.5) is 10.9 Å². The molecule has 2 rings (SSSR count). The fourth-order valence-corrected chi connectivity index (χ4v) is 2.41. The molecule has 1 fully saturated rings. The fraction of sp³-hybridized carbons (Fsp3) is 0.500. The third-order valence-electron chi connectivity index (χ3n) is 2.72. The van der Waals surface area contributed by atoms with Gasteiger partial charge in [0.1, 0.15) is 10.7 Å². The van der Waals surface area contributed by atoms with Gasteiger partial charge in [0.2, 0.25) is 5.91 Å². The Kier molecular flexibility index (Phi) is 3.66. The molecule has 1 aromatic heterocycles. The zero-order valence-electron chi connectivity index (χ0n) is 9.73. The smallest absolute Gasteiger partial charge is 0.265 e. The number of aromatic nitrogens is 1. The molecule has 6 N–H and O–H groups in total. The quantitative estimate of drug-likeness (QED) is 0.594. The summed E-state index contributed by atoms with van der Waals surface area (Å²) in [5, 5.41) is 6.24. The van der Waals surface area contributed by atoms with Gasteiger partial charge >= 0.3 is 0 Å². The summed E-state index contributed by atoms with van der Waals surface area (Å²) in [6.45, 7) is -0.207. The predicted octanol–water partition coefficient (Wildman–Crippen LogP) is -0.0952. The van der Waals surface area contributed by atoms with Crippen molar-refractivity contribution in [1.82, 2.24) is 10.3 Å². The summed E-state index contributed by atoms with van der Waals surface area (Å²) in [4.78, 5) is 26.7. The Morgan fingerprint density at radius 2 is 2.17 bits per heavy atom. The highest BCUT2D eigenvalue weighted by Crippen LogP contribution is 2.29. The van der Waals surface area contributed by atoms with Gasteiger partial charge < -0.3 is 22.1 Å². The summed E-state index contributed by atoms with van der Waals surface area (Å²) >= 11 is 1.19. The van der Waals surface area contributed by atoms with Crippen molar-refractivity contribution in [3.63, 3.8) is 0 Å². The lowest BCUT2D eigenvalue weighted by Gasteiger charge is -2.25. The zero-order chi connectivity index (χ0) is 13.1. The summed E-state index contributed by atoms with van der Waals surface area (Å²) in [5.74, 6) is -0.853. The molecular weight excluding hydrogens is 254 g/mol. The predicted molar refractivity (Wildman–Crippen MR) is 69.3 cm³/mol. The van der Waals surface area contributed by atoms with Gasteiger partial charge in [0, 0.05) is 6.04 Å². The molecule has 0 bridgehead atoms. The Labute approximate surface area is 108 Å². The van der Waals surface area contributed by atoms with Crippen molar-refractivity contribution < 1.29 is 9.59 Å².